The molecule has 10 heteroatoms. The highest BCUT2D eigenvalue weighted by molar-refractivity contribution is 7.92. The quantitative estimate of drug-likeness (QED) is 0.794. The normalized spacial score (nSPS) is 15.1. The van der Waals surface area contributed by atoms with E-state index in [1.807, 2.05) is 4.72 Å². The van der Waals surface area contributed by atoms with Gasteiger partial charge in [-0.25, -0.2) is 30.3 Å². The number of sulfonamides is 2. The van der Waals surface area contributed by atoms with Crippen LogP contribution in [0.5, 0.6) is 0 Å². The molecule has 1 saturated carbocycles. The van der Waals surface area contributed by atoms with Gasteiger partial charge in [0.25, 0.3) is 10.0 Å². The van der Waals surface area contributed by atoms with Gasteiger partial charge in [0.15, 0.2) is 4.90 Å². The van der Waals surface area contributed by atoms with Gasteiger partial charge in [-0.15, -0.1) is 0 Å². The fourth-order valence-electron chi connectivity index (χ4n) is 2.14. The fourth-order valence-corrected chi connectivity index (χ4v) is 4.64. The summed E-state index contributed by atoms with van der Waals surface area (Å²) in [6.07, 6.45) is 1.57. The summed E-state index contributed by atoms with van der Waals surface area (Å²) in [5.74, 6) is -2.44. The van der Waals surface area contributed by atoms with Crippen LogP contribution in [0, 0.1) is 11.6 Å². The predicted molar refractivity (Wildman–Crippen MR) is 87.0 cm³/mol. The molecule has 0 aliphatic heterocycles. The Labute approximate surface area is 144 Å². The second-order valence-corrected chi connectivity index (χ2v) is 8.91. The van der Waals surface area contributed by atoms with E-state index in [9.17, 15) is 25.6 Å². The summed E-state index contributed by atoms with van der Waals surface area (Å²) in [7, 11) is -8.17. The third kappa shape index (κ3) is 3.97. The number of benzene rings is 2. The lowest BCUT2D eigenvalue weighted by atomic mass is 10.3. The molecule has 0 atom stereocenters. The molecule has 0 amide bonds. The van der Waals surface area contributed by atoms with E-state index >= 15 is 0 Å². The molecule has 2 N–H and O–H groups in total. The maximum absolute atomic E-state index is 13.6. The van der Waals surface area contributed by atoms with E-state index in [1.54, 1.807) is 0 Å². The van der Waals surface area contributed by atoms with Crippen molar-refractivity contribution in [3.8, 4) is 0 Å². The zero-order chi connectivity index (χ0) is 18.2. The maximum atomic E-state index is 13.6. The number of hydrogen-bond acceptors (Lipinski definition) is 4. The van der Waals surface area contributed by atoms with Gasteiger partial charge in [0, 0.05) is 11.7 Å². The second kappa shape index (κ2) is 6.36. The molecular weight excluding hydrogens is 374 g/mol. The largest absolute Gasteiger partial charge is 0.279 e. The van der Waals surface area contributed by atoms with Gasteiger partial charge in [-0.1, -0.05) is 6.07 Å². The lowest BCUT2D eigenvalue weighted by molar-refractivity contribution is 0.521. The molecule has 2 aromatic rings. The highest BCUT2D eigenvalue weighted by atomic mass is 32.2. The summed E-state index contributed by atoms with van der Waals surface area (Å²) in [6, 6.07) is 7.48. The number of halogens is 2. The van der Waals surface area contributed by atoms with E-state index in [-0.39, 0.29) is 16.6 Å². The monoisotopic (exact) mass is 388 g/mol. The Kier molecular flexibility index (Phi) is 4.52. The van der Waals surface area contributed by atoms with Crippen LogP contribution < -0.4 is 9.44 Å². The van der Waals surface area contributed by atoms with Gasteiger partial charge in [-0.05, 0) is 49.2 Å². The van der Waals surface area contributed by atoms with Crippen LogP contribution in [0.1, 0.15) is 12.8 Å². The van der Waals surface area contributed by atoms with Gasteiger partial charge in [0.1, 0.15) is 11.6 Å². The minimum atomic E-state index is -4.50. The van der Waals surface area contributed by atoms with Gasteiger partial charge >= 0.3 is 0 Å². The van der Waals surface area contributed by atoms with Crippen LogP contribution in [0.2, 0.25) is 0 Å². The van der Waals surface area contributed by atoms with Gasteiger partial charge in [0.05, 0.1) is 4.90 Å². The topological polar surface area (TPSA) is 92.3 Å². The highest BCUT2D eigenvalue weighted by Crippen LogP contribution is 2.24. The average Bonchev–Trinajstić information content (AvgIpc) is 3.30. The Morgan fingerprint density at radius 1 is 0.840 bits per heavy atom. The van der Waals surface area contributed by atoms with Crippen molar-refractivity contribution in [3.05, 3.63) is 54.1 Å². The lowest BCUT2D eigenvalue weighted by Crippen LogP contribution is -2.25. The first kappa shape index (κ1) is 17.8. The van der Waals surface area contributed by atoms with E-state index < -0.39 is 36.6 Å². The summed E-state index contributed by atoms with van der Waals surface area (Å²) in [5, 5.41) is 0. The first-order chi connectivity index (χ1) is 11.7. The molecule has 1 fully saturated rings. The third-order valence-corrected chi connectivity index (χ3v) is 6.47. The smallest absolute Gasteiger partial charge is 0.267 e. The molecule has 3 rings (SSSR count). The zero-order valence-electron chi connectivity index (χ0n) is 12.7. The first-order valence-corrected chi connectivity index (χ1v) is 10.2. The molecule has 2 aromatic carbocycles. The number of nitrogens with one attached hydrogen (secondary N) is 2. The molecule has 1 aliphatic carbocycles. The fraction of sp³-hybridized carbons (Fsp3) is 0.200. The van der Waals surface area contributed by atoms with Crippen LogP contribution in [-0.2, 0) is 20.0 Å². The van der Waals surface area contributed by atoms with Crippen LogP contribution in [0.15, 0.2) is 52.3 Å². The Morgan fingerprint density at radius 2 is 1.40 bits per heavy atom. The third-order valence-electron chi connectivity index (χ3n) is 3.50. The Morgan fingerprint density at radius 3 is 1.92 bits per heavy atom. The summed E-state index contributed by atoms with van der Waals surface area (Å²) >= 11 is 0. The van der Waals surface area contributed by atoms with Crippen molar-refractivity contribution in [3.63, 3.8) is 0 Å². The number of hydrogen-bond donors (Lipinski definition) is 2. The van der Waals surface area contributed by atoms with Crippen molar-refractivity contribution < 1.29 is 25.6 Å². The molecule has 6 nitrogen and oxygen atoms in total. The van der Waals surface area contributed by atoms with Crippen molar-refractivity contribution in [1.82, 2.24) is 4.72 Å². The van der Waals surface area contributed by atoms with Crippen LogP contribution in [-0.4, -0.2) is 22.9 Å². The zero-order valence-corrected chi connectivity index (χ0v) is 14.4. The number of rotatable bonds is 6. The lowest BCUT2D eigenvalue weighted by Gasteiger charge is -2.10. The van der Waals surface area contributed by atoms with E-state index in [0.717, 1.165) is 31.0 Å². The highest BCUT2D eigenvalue weighted by Gasteiger charge is 2.28. The molecule has 0 heterocycles. The molecule has 0 unspecified atom stereocenters. The van der Waals surface area contributed by atoms with Gasteiger partial charge in [-0.3, -0.25) is 4.72 Å². The molecule has 134 valence electrons. The van der Waals surface area contributed by atoms with E-state index in [2.05, 4.69) is 4.72 Å². The maximum Gasteiger partial charge on any atom is 0.267 e. The van der Waals surface area contributed by atoms with Crippen molar-refractivity contribution in [2.24, 2.45) is 0 Å². The summed E-state index contributed by atoms with van der Waals surface area (Å²) in [5.41, 5.74) is -0.0203. The molecule has 0 bridgehead atoms. The minimum Gasteiger partial charge on any atom is -0.279 e. The van der Waals surface area contributed by atoms with E-state index in [1.165, 1.54) is 24.3 Å². The molecule has 0 saturated heterocycles. The molecule has 0 radical (unpaired) electrons. The summed E-state index contributed by atoms with van der Waals surface area (Å²) < 4.78 is 80.2. The SMILES string of the molecule is O=S(=O)(NC1CC1)c1ccc(NS(=O)(=O)c2c(F)cccc2F)cc1. The Balaban J connectivity index is 1.83. The van der Waals surface area contributed by atoms with E-state index in [0.29, 0.717) is 0 Å². The standard InChI is InChI=1S/C15H14F2N2O4S2/c16-13-2-1-3-14(17)15(13)25(22,23)19-11-6-8-12(9-7-11)24(20,21)18-10-4-5-10/h1-3,6-10,18-19H,4-5H2. The summed E-state index contributed by atoms with van der Waals surface area (Å²) in [6.45, 7) is 0. The molecule has 0 spiro atoms. The average molecular weight is 388 g/mol. The number of anilines is 1. The Hall–Kier alpha value is -2.04. The van der Waals surface area contributed by atoms with Crippen LogP contribution >= 0.6 is 0 Å². The van der Waals surface area contributed by atoms with Crippen molar-refractivity contribution >= 4 is 25.7 Å². The van der Waals surface area contributed by atoms with Crippen molar-refractivity contribution in [2.45, 2.75) is 28.7 Å². The van der Waals surface area contributed by atoms with Gasteiger partial charge in [-0.2, -0.15) is 0 Å². The molecule has 0 aromatic heterocycles. The van der Waals surface area contributed by atoms with Crippen molar-refractivity contribution in [1.29, 1.82) is 0 Å². The molecular formula is C15H14F2N2O4S2. The first-order valence-electron chi connectivity index (χ1n) is 7.28. The Bertz CT molecular complexity index is 982. The van der Waals surface area contributed by atoms with Crippen LogP contribution in [0.25, 0.3) is 0 Å². The molecule has 1 aliphatic rings. The van der Waals surface area contributed by atoms with Gasteiger partial charge < -0.3 is 0 Å². The van der Waals surface area contributed by atoms with Crippen molar-refractivity contribution in [2.75, 3.05) is 4.72 Å². The summed E-state index contributed by atoms with van der Waals surface area (Å²) in [4.78, 5) is -1.12. The van der Waals surface area contributed by atoms with Crippen LogP contribution in [0.3, 0.4) is 0 Å². The van der Waals surface area contributed by atoms with E-state index in [4.69, 9.17) is 0 Å². The van der Waals surface area contributed by atoms with Crippen LogP contribution in [0.4, 0.5) is 14.5 Å². The minimum absolute atomic E-state index is 0.0203. The molecule has 25 heavy (non-hydrogen) atoms. The second-order valence-electron chi connectivity index (χ2n) is 5.58. The predicted octanol–water partition coefficient (Wildman–Crippen LogP) is 2.21. The van der Waals surface area contributed by atoms with Gasteiger partial charge in [0.2, 0.25) is 10.0 Å².